The van der Waals surface area contributed by atoms with Gasteiger partial charge in [-0.05, 0) is 62.3 Å². The van der Waals surface area contributed by atoms with Crippen LogP contribution in [-0.4, -0.2) is 12.9 Å². The number of methoxy groups -OCH3 is 1. The molecule has 0 bridgehead atoms. The molecule has 1 aromatic rings. The number of ketones is 1. The summed E-state index contributed by atoms with van der Waals surface area (Å²) in [7, 11) is 1.73. The lowest BCUT2D eigenvalue weighted by Gasteiger charge is -2.47. The zero-order valence-electron chi connectivity index (χ0n) is 13.8. The Bertz CT molecular complexity index is 700. The van der Waals surface area contributed by atoms with Gasteiger partial charge in [0.15, 0.2) is 0 Å². The molecule has 0 aromatic heterocycles. The van der Waals surface area contributed by atoms with Crippen LogP contribution in [0.1, 0.15) is 57.1 Å². The van der Waals surface area contributed by atoms with Crippen molar-refractivity contribution < 1.29 is 9.53 Å². The number of hydrogen-bond donors (Lipinski definition) is 0. The van der Waals surface area contributed by atoms with Gasteiger partial charge in [-0.3, -0.25) is 4.79 Å². The van der Waals surface area contributed by atoms with E-state index in [2.05, 4.69) is 32.0 Å². The van der Waals surface area contributed by atoms with Crippen LogP contribution in [0.4, 0.5) is 0 Å². The minimum atomic E-state index is -0.154. The van der Waals surface area contributed by atoms with E-state index in [0.717, 1.165) is 44.3 Å². The highest BCUT2D eigenvalue weighted by Crippen LogP contribution is 2.58. The quantitative estimate of drug-likeness (QED) is 0.720. The molecular weight excluding hydrogens is 272 g/mol. The molecule has 2 heteroatoms. The van der Waals surface area contributed by atoms with Crippen molar-refractivity contribution in [1.82, 2.24) is 0 Å². The number of fused-ring (bicyclic) bond motifs is 4. The molecule has 1 saturated carbocycles. The molecule has 2 atom stereocenters. The molecule has 0 amide bonds. The first-order valence-corrected chi connectivity index (χ1v) is 8.43. The minimum absolute atomic E-state index is 0.124. The summed E-state index contributed by atoms with van der Waals surface area (Å²) in [5.41, 5.74) is 5.91. The summed E-state index contributed by atoms with van der Waals surface area (Å²) in [6.45, 7) is 4.58. The summed E-state index contributed by atoms with van der Waals surface area (Å²) in [6, 6.07) is 6.55. The Hall–Kier alpha value is -1.57. The fourth-order valence-electron chi connectivity index (χ4n) is 5.14. The largest absolute Gasteiger partial charge is 0.497 e. The van der Waals surface area contributed by atoms with Crippen molar-refractivity contribution >= 4 is 5.78 Å². The molecule has 1 fully saturated rings. The van der Waals surface area contributed by atoms with Gasteiger partial charge in [-0.2, -0.15) is 0 Å². The molecule has 2 nitrogen and oxygen atoms in total. The summed E-state index contributed by atoms with van der Waals surface area (Å²) in [5.74, 6) is 1.42. The summed E-state index contributed by atoms with van der Waals surface area (Å²) in [5, 5.41) is 0. The molecule has 4 rings (SSSR count). The van der Waals surface area contributed by atoms with Gasteiger partial charge in [0.2, 0.25) is 0 Å². The molecule has 0 spiro atoms. The molecule has 0 radical (unpaired) electrons. The maximum absolute atomic E-state index is 12.4. The Labute approximate surface area is 132 Å². The van der Waals surface area contributed by atoms with Crippen molar-refractivity contribution in [2.45, 2.75) is 57.8 Å². The van der Waals surface area contributed by atoms with Crippen LogP contribution in [0.2, 0.25) is 0 Å². The number of allylic oxidation sites excluding steroid dienone is 2. The lowest BCUT2D eigenvalue weighted by atomic mass is 9.56. The van der Waals surface area contributed by atoms with Gasteiger partial charge in [-0.15, -0.1) is 0 Å². The molecule has 116 valence electrons. The number of aryl methyl sites for hydroxylation is 1. The Morgan fingerprint density at radius 3 is 2.41 bits per heavy atom. The smallest absolute Gasteiger partial charge is 0.143 e. The normalized spacial score (nSPS) is 33.3. The average Bonchev–Trinajstić information content (AvgIpc) is 2.82. The molecule has 1 aromatic carbocycles. The van der Waals surface area contributed by atoms with Crippen LogP contribution in [0.25, 0.3) is 0 Å². The van der Waals surface area contributed by atoms with Crippen molar-refractivity contribution in [3.63, 3.8) is 0 Å². The fourth-order valence-corrected chi connectivity index (χ4v) is 5.14. The van der Waals surface area contributed by atoms with Gasteiger partial charge >= 0.3 is 0 Å². The average molecular weight is 296 g/mol. The van der Waals surface area contributed by atoms with Crippen molar-refractivity contribution in [2.24, 2.45) is 5.41 Å². The topological polar surface area (TPSA) is 26.3 Å². The number of hydrogen-bond acceptors (Lipinski definition) is 2. The highest BCUT2D eigenvalue weighted by molar-refractivity contribution is 5.91. The van der Waals surface area contributed by atoms with E-state index in [9.17, 15) is 4.79 Å². The van der Waals surface area contributed by atoms with E-state index in [0.29, 0.717) is 5.78 Å². The summed E-state index contributed by atoms with van der Waals surface area (Å²) in [4.78, 5) is 12.4. The maximum atomic E-state index is 12.4. The Morgan fingerprint density at radius 2 is 1.64 bits per heavy atom. The first kappa shape index (κ1) is 14.0. The highest BCUT2D eigenvalue weighted by atomic mass is 16.5. The van der Waals surface area contributed by atoms with Crippen LogP contribution >= 0.6 is 0 Å². The molecule has 0 saturated heterocycles. The second-order valence-corrected chi connectivity index (χ2v) is 7.57. The van der Waals surface area contributed by atoms with E-state index in [-0.39, 0.29) is 10.8 Å². The van der Waals surface area contributed by atoms with Gasteiger partial charge < -0.3 is 4.74 Å². The number of benzene rings is 1. The van der Waals surface area contributed by atoms with Crippen LogP contribution in [0.15, 0.2) is 29.3 Å². The SMILES string of the molecule is COc1ccc2c(c1)CCC1=C3CCC(=O)C3(C)CCC12C. The highest BCUT2D eigenvalue weighted by Gasteiger charge is 2.51. The van der Waals surface area contributed by atoms with Crippen LogP contribution in [0.3, 0.4) is 0 Å². The van der Waals surface area contributed by atoms with E-state index in [4.69, 9.17) is 4.74 Å². The van der Waals surface area contributed by atoms with Gasteiger partial charge in [-0.25, -0.2) is 0 Å². The number of carbonyl (C=O) groups is 1. The molecule has 3 aliphatic rings. The van der Waals surface area contributed by atoms with Crippen LogP contribution in [0, 0.1) is 5.41 Å². The van der Waals surface area contributed by atoms with Gasteiger partial charge in [0.25, 0.3) is 0 Å². The van der Waals surface area contributed by atoms with Gasteiger partial charge in [0.1, 0.15) is 11.5 Å². The zero-order valence-corrected chi connectivity index (χ0v) is 13.8. The molecule has 3 aliphatic carbocycles. The van der Waals surface area contributed by atoms with Gasteiger partial charge in [-0.1, -0.05) is 24.1 Å². The van der Waals surface area contributed by atoms with E-state index >= 15 is 0 Å². The number of carbonyl (C=O) groups excluding carboxylic acids is 1. The van der Waals surface area contributed by atoms with Crippen LogP contribution in [-0.2, 0) is 16.6 Å². The minimum Gasteiger partial charge on any atom is -0.497 e. The maximum Gasteiger partial charge on any atom is 0.143 e. The third-order valence-electron chi connectivity index (χ3n) is 6.59. The van der Waals surface area contributed by atoms with E-state index in [1.165, 1.54) is 16.7 Å². The lowest BCUT2D eigenvalue weighted by molar-refractivity contribution is -0.124. The monoisotopic (exact) mass is 296 g/mol. The number of Topliss-reactive ketones (excluding diaryl/α,β-unsaturated/α-hetero) is 1. The number of rotatable bonds is 1. The zero-order chi connectivity index (χ0) is 15.5. The fraction of sp³-hybridized carbons (Fsp3) is 0.550. The van der Waals surface area contributed by atoms with E-state index in [1.54, 1.807) is 12.7 Å². The summed E-state index contributed by atoms with van der Waals surface area (Å²) in [6.07, 6.45) is 6.02. The number of ether oxygens (including phenoxy) is 1. The summed E-state index contributed by atoms with van der Waals surface area (Å²) >= 11 is 0. The van der Waals surface area contributed by atoms with Crippen molar-refractivity contribution in [1.29, 1.82) is 0 Å². The molecule has 0 N–H and O–H groups in total. The van der Waals surface area contributed by atoms with Crippen LogP contribution < -0.4 is 4.74 Å². The Morgan fingerprint density at radius 1 is 0.955 bits per heavy atom. The third-order valence-corrected chi connectivity index (χ3v) is 6.59. The van der Waals surface area contributed by atoms with Crippen molar-refractivity contribution in [2.75, 3.05) is 7.11 Å². The van der Waals surface area contributed by atoms with Crippen LogP contribution in [0.5, 0.6) is 5.75 Å². The molecule has 0 aliphatic heterocycles. The predicted octanol–water partition coefficient (Wildman–Crippen LogP) is 4.36. The predicted molar refractivity (Wildman–Crippen MR) is 87.3 cm³/mol. The second-order valence-electron chi connectivity index (χ2n) is 7.57. The first-order valence-electron chi connectivity index (χ1n) is 8.43. The standard InChI is InChI=1S/C20H24O2/c1-19-10-11-20(2)17(8-9-18(20)21)16(19)6-4-13-12-14(22-3)5-7-15(13)19/h5,7,12H,4,6,8-11H2,1-3H3. The van der Waals surface area contributed by atoms with Crippen molar-refractivity contribution in [3.05, 3.63) is 40.5 Å². The first-order chi connectivity index (χ1) is 10.5. The van der Waals surface area contributed by atoms with E-state index in [1.807, 2.05) is 0 Å². The van der Waals surface area contributed by atoms with Gasteiger partial charge in [0.05, 0.1) is 7.11 Å². The summed E-state index contributed by atoms with van der Waals surface area (Å²) < 4.78 is 5.39. The Balaban J connectivity index is 1.89. The van der Waals surface area contributed by atoms with Gasteiger partial charge in [0, 0.05) is 17.3 Å². The Kier molecular flexibility index (Phi) is 2.85. The third kappa shape index (κ3) is 1.64. The second kappa shape index (κ2) is 4.47. The van der Waals surface area contributed by atoms with E-state index < -0.39 is 0 Å². The molecule has 0 heterocycles. The van der Waals surface area contributed by atoms with Crippen molar-refractivity contribution in [3.8, 4) is 5.75 Å². The lowest BCUT2D eigenvalue weighted by Crippen LogP contribution is -2.40. The molecule has 2 unspecified atom stereocenters. The molecule has 22 heavy (non-hydrogen) atoms. The molecular formula is C20H24O2.